The van der Waals surface area contributed by atoms with Crippen LogP contribution in [0.1, 0.15) is 43.6 Å². The van der Waals surface area contributed by atoms with Gasteiger partial charge in [0, 0.05) is 6.54 Å². The molecular formula is C24H26F3NO4. The zero-order valence-corrected chi connectivity index (χ0v) is 18.3. The lowest BCUT2D eigenvalue weighted by Crippen LogP contribution is -2.25. The van der Waals surface area contributed by atoms with Crippen LogP contribution in [-0.4, -0.2) is 23.1 Å². The van der Waals surface area contributed by atoms with E-state index in [0.29, 0.717) is 13.1 Å². The third kappa shape index (κ3) is 5.07. The summed E-state index contributed by atoms with van der Waals surface area (Å²) >= 11 is 0. The van der Waals surface area contributed by atoms with Crippen molar-refractivity contribution in [3.8, 4) is 17.2 Å². The maximum Gasteiger partial charge on any atom is 0.453 e. The van der Waals surface area contributed by atoms with E-state index in [1.165, 1.54) is 24.3 Å². The van der Waals surface area contributed by atoms with Gasteiger partial charge in [0.1, 0.15) is 17.1 Å². The molecule has 1 N–H and O–H groups in total. The molecule has 0 aliphatic carbocycles. The molecule has 0 spiro atoms. The molecular weight excluding hydrogens is 423 g/mol. The number of rotatable bonds is 8. The van der Waals surface area contributed by atoms with E-state index in [1.54, 1.807) is 19.1 Å². The van der Waals surface area contributed by atoms with Crippen molar-refractivity contribution < 1.29 is 27.4 Å². The van der Waals surface area contributed by atoms with Gasteiger partial charge in [-0.2, -0.15) is 13.2 Å². The Kier molecular flexibility index (Phi) is 7.13. The van der Waals surface area contributed by atoms with Crippen LogP contribution >= 0.6 is 0 Å². The van der Waals surface area contributed by atoms with Crippen LogP contribution in [0.2, 0.25) is 0 Å². The van der Waals surface area contributed by atoms with Crippen LogP contribution in [0.25, 0.3) is 11.0 Å². The van der Waals surface area contributed by atoms with E-state index < -0.39 is 23.1 Å². The fourth-order valence-electron chi connectivity index (χ4n) is 3.64. The Morgan fingerprint density at radius 1 is 1.09 bits per heavy atom. The third-order valence-electron chi connectivity index (χ3n) is 5.03. The molecule has 1 aromatic heterocycles. The highest BCUT2D eigenvalue weighted by Crippen LogP contribution is 2.40. The fraction of sp³-hybridized carbons (Fsp3) is 0.375. The van der Waals surface area contributed by atoms with Crippen LogP contribution in [0.15, 0.2) is 45.6 Å². The number of halogens is 3. The van der Waals surface area contributed by atoms with Gasteiger partial charge in [-0.15, -0.1) is 0 Å². The summed E-state index contributed by atoms with van der Waals surface area (Å²) in [7, 11) is 0. The second-order valence-electron chi connectivity index (χ2n) is 7.72. The number of nitrogens with zero attached hydrogens (tertiary/aromatic N) is 1. The molecule has 5 nitrogen and oxygen atoms in total. The van der Waals surface area contributed by atoms with E-state index in [4.69, 9.17) is 9.15 Å². The van der Waals surface area contributed by atoms with Gasteiger partial charge in [0.05, 0.1) is 10.9 Å². The Morgan fingerprint density at radius 3 is 2.38 bits per heavy atom. The first-order valence-corrected chi connectivity index (χ1v) is 10.5. The smallest absolute Gasteiger partial charge is 0.453 e. The van der Waals surface area contributed by atoms with E-state index in [2.05, 4.69) is 0 Å². The number of aryl methyl sites for hydroxylation is 1. The van der Waals surface area contributed by atoms with Gasteiger partial charge in [0.15, 0.2) is 0 Å². The molecule has 0 bridgehead atoms. The first-order valence-electron chi connectivity index (χ1n) is 10.5. The molecule has 0 saturated heterocycles. The number of hydrogen-bond acceptors (Lipinski definition) is 5. The summed E-state index contributed by atoms with van der Waals surface area (Å²) in [6.07, 6.45) is -3.31. The maximum atomic E-state index is 13.9. The summed E-state index contributed by atoms with van der Waals surface area (Å²) in [6.45, 7) is 7.27. The van der Waals surface area contributed by atoms with Gasteiger partial charge in [0.2, 0.25) is 11.2 Å². The van der Waals surface area contributed by atoms with Gasteiger partial charge in [-0.05, 0) is 62.7 Å². The molecule has 172 valence electrons. The lowest BCUT2D eigenvalue weighted by Gasteiger charge is -2.22. The van der Waals surface area contributed by atoms with Crippen LogP contribution < -0.4 is 10.2 Å². The molecule has 2 aromatic carbocycles. The molecule has 8 heteroatoms. The van der Waals surface area contributed by atoms with E-state index in [0.717, 1.165) is 18.4 Å². The van der Waals surface area contributed by atoms with Crippen molar-refractivity contribution in [2.75, 3.05) is 13.1 Å². The molecule has 0 atom stereocenters. The van der Waals surface area contributed by atoms with Crippen molar-refractivity contribution in [2.24, 2.45) is 0 Å². The number of alkyl halides is 3. The summed E-state index contributed by atoms with van der Waals surface area (Å²) in [5, 5.41) is 10.3. The summed E-state index contributed by atoms with van der Waals surface area (Å²) in [5.41, 5.74) is -0.315. The van der Waals surface area contributed by atoms with Crippen molar-refractivity contribution in [1.29, 1.82) is 0 Å². The standard InChI is InChI=1S/C24H26F3NO4/c1-4-11-28(12-5-2)14-18-19(29)10-9-17-20(30)22(23(24(25,26)27)32-21(17)18)31-16-8-6-7-15(3)13-16/h6-10,13,29H,4-5,11-12,14H2,1-3H3. The molecule has 32 heavy (non-hydrogen) atoms. The molecule has 1 heterocycles. The number of aromatic hydroxyl groups is 1. The number of phenolic OH excluding ortho intramolecular Hbond substituents is 1. The topological polar surface area (TPSA) is 62.9 Å². The number of ether oxygens (including phenoxy) is 1. The minimum Gasteiger partial charge on any atom is -0.507 e. The van der Waals surface area contributed by atoms with Crippen LogP contribution in [0.3, 0.4) is 0 Å². The Labute approximate surface area is 184 Å². The summed E-state index contributed by atoms with van der Waals surface area (Å²) in [4.78, 5) is 15.1. The zero-order chi connectivity index (χ0) is 23.5. The van der Waals surface area contributed by atoms with Gasteiger partial charge in [-0.3, -0.25) is 9.69 Å². The highest BCUT2D eigenvalue weighted by Gasteiger charge is 2.41. The molecule has 3 rings (SSSR count). The van der Waals surface area contributed by atoms with Gasteiger partial charge < -0.3 is 14.3 Å². The molecule has 0 aliphatic heterocycles. The second-order valence-corrected chi connectivity index (χ2v) is 7.72. The lowest BCUT2D eigenvalue weighted by molar-refractivity contribution is -0.154. The van der Waals surface area contributed by atoms with Crippen molar-refractivity contribution >= 4 is 11.0 Å². The summed E-state index contributed by atoms with van der Waals surface area (Å²) < 4.78 is 52.3. The number of phenols is 1. The Balaban J connectivity index is 2.22. The van der Waals surface area contributed by atoms with Crippen molar-refractivity contribution in [3.05, 3.63) is 63.5 Å². The number of hydrogen-bond donors (Lipinski definition) is 1. The minimum atomic E-state index is -4.97. The molecule has 0 radical (unpaired) electrons. The van der Waals surface area contributed by atoms with E-state index in [1.807, 2.05) is 18.7 Å². The average molecular weight is 449 g/mol. The van der Waals surface area contributed by atoms with E-state index >= 15 is 0 Å². The summed E-state index contributed by atoms with van der Waals surface area (Å²) in [5.74, 6) is -2.58. The summed E-state index contributed by atoms with van der Waals surface area (Å²) in [6, 6.07) is 8.92. The fourth-order valence-corrected chi connectivity index (χ4v) is 3.64. The first kappa shape index (κ1) is 23.7. The maximum absolute atomic E-state index is 13.9. The molecule has 0 aliphatic rings. The SMILES string of the molecule is CCCN(CCC)Cc1c(O)ccc2c(=O)c(Oc3cccc(C)c3)c(C(F)(F)F)oc12. The van der Waals surface area contributed by atoms with Crippen molar-refractivity contribution in [1.82, 2.24) is 4.90 Å². The van der Waals surface area contributed by atoms with Crippen molar-refractivity contribution in [2.45, 2.75) is 46.3 Å². The quantitative estimate of drug-likeness (QED) is 0.441. The molecule has 0 amide bonds. The Hall–Kier alpha value is -3.00. The monoisotopic (exact) mass is 449 g/mol. The molecule has 3 aromatic rings. The van der Waals surface area contributed by atoms with Gasteiger partial charge in [-0.25, -0.2) is 0 Å². The van der Waals surface area contributed by atoms with Gasteiger partial charge in [-0.1, -0.05) is 26.0 Å². The molecule has 0 saturated carbocycles. The minimum absolute atomic E-state index is 0.0820. The third-order valence-corrected chi connectivity index (χ3v) is 5.03. The molecule has 0 unspecified atom stereocenters. The van der Waals surface area contributed by atoms with Gasteiger partial charge >= 0.3 is 6.18 Å². The normalized spacial score (nSPS) is 12.0. The van der Waals surface area contributed by atoms with Crippen LogP contribution in [0, 0.1) is 6.92 Å². The van der Waals surface area contributed by atoms with Crippen LogP contribution in [-0.2, 0) is 12.7 Å². The van der Waals surface area contributed by atoms with Gasteiger partial charge in [0.25, 0.3) is 5.76 Å². The Morgan fingerprint density at radius 2 is 1.78 bits per heavy atom. The highest BCUT2D eigenvalue weighted by molar-refractivity contribution is 5.83. The number of fused-ring (bicyclic) bond motifs is 1. The van der Waals surface area contributed by atoms with E-state index in [-0.39, 0.29) is 34.6 Å². The largest absolute Gasteiger partial charge is 0.507 e. The lowest BCUT2D eigenvalue weighted by atomic mass is 10.1. The van der Waals surface area contributed by atoms with Crippen molar-refractivity contribution in [3.63, 3.8) is 0 Å². The molecule has 0 fully saturated rings. The second kappa shape index (κ2) is 9.65. The predicted molar refractivity (Wildman–Crippen MR) is 116 cm³/mol. The Bertz CT molecular complexity index is 1150. The first-order chi connectivity index (χ1) is 15.2. The van der Waals surface area contributed by atoms with E-state index in [9.17, 15) is 23.1 Å². The highest BCUT2D eigenvalue weighted by atomic mass is 19.4. The zero-order valence-electron chi connectivity index (χ0n) is 18.3. The van der Waals surface area contributed by atoms with Crippen LogP contribution in [0.4, 0.5) is 13.2 Å². The predicted octanol–water partition coefficient (Wildman–Crippen LogP) is 6.24. The van der Waals surface area contributed by atoms with Crippen LogP contribution in [0.5, 0.6) is 17.2 Å². The average Bonchev–Trinajstić information content (AvgIpc) is 2.71. The number of benzene rings is 2.